The van der Waals surface area contributed by atoms with Gasteiger partial charge in [-0.2, -0.15) is 0 Å². The zero-order chi connectivity index (χ0) is 8.36. The molecule has 6 nitrogen and oxygen atoms in total. The molecule has 0 saturated heterocycles. The van der Waals surface area contributed by atoms with Crippen molar-refractivity contribution in [1.82, 2.24) is 0 Å². The zero-order valence-electron chi connectivity index (χ0n) is 5.32. The molecule has 0 amide bonds. The fourth-order valence-corrected chi connectivity index (χ4v) is 0.433. The standard InChI is InChI=1S/C4H11N3O3/c5-2(8)1-4(6,7)3(9)10/h2,8H,1,5-7H2,(H,9,10). The van der Waals surface area contributed by atoms with E-state index >= 15 is 0 Å². The van der Waals surface area contributed by atoms with E-state index in [9.17, 15) is 4.79 Å². The Morgan fingerprint density at radius 1 is 1.60 bits per heavy atom. The monoisotopic (exact) mass is 149 g/mol. The molecule has 0 rings (SSSR count). The Bertz CT molecular complexity index is 134. The molecule has 0 aromatic carbocycles. The first kappa shape index (κ1) is 9.31. The Morgan fingerprint density at radius 3 is 2.10 bits per heavy atom. The molecule has 0 aliphatic rings. The number of aliphatic hydroxyl groups excluding tert-OH is 1. The maximum absolute atomic E-state index is 10.1. The van der Waals surface area contributed by atoms with Crippen molar-refractivity contribution < 1.29 is 15.0 Å². The fourth-order valence-electron chi connectivity index (χ4n) is 0.433. The highest BCUT2D eigenvalue weighted by atomic mass is 16.4. The van der Waals surface area contributed by atoms with Crippen LogP contribution in [-0.4, -0.2) is 28.1 Å². The molecule has 0 aromatic heterocycles. The zero-order valence-corrected chi connectivity index (χ0v) is 5.32. The van der Waals surface area contributed by atoms with E-state index in [1.54, 1.807) is 0 Å². The number of aliphatic hydroxyl groups is 1. The first-order chi connectivity index (χ1) is 4.36. The molecule has 1 atom stereocenters. The second kappa shape index (κ2) is 2.93. The minimum Gasteiger partial charge on any atom is -0.479 e. The van der Waals surface area contributed by atoms with Crippen LogP contribution in [0.15, 0.2) is 0 Å². The van der Waals surface area contributed by atoms with Gasteiger partial charge in [-0.05, 0) is 0 Å². The van der Waals surface area contributed by atoms with Crippen molar-refractivity contribution in [2.45, 2.75) is 18.3 Å². The molecule has 0 aliphatic carbocycles. The van der Waals surface area contributed by atoms with Crippen molar-refractivity contribution in [1.29, 1.82) is 0 Å². The van der Waals surface area contributed by atoms with Gasteiger partial charge in [0.25, 0.3) is 0 Å². The normalized spacial score (nSPS) is 14.8. The summed E-state index contributed by atoms with van der Waals surface area (Å²) in [5.74, 6) is -1.39. The van der Waals surface area contributed by atoms with E-state index in [-0.39, 0.29) is 6.42 Å². The molecule has 0 spiro atoms. The average Bonchev–Trinajstić information content (AvgIpc) is 1.60. The Kier molecular flexibility index (Phi) is 2.73. The summed E-state index contributed by atoms with van der Waals surface area (Å²) in [6.45, 7) is 0. The van der Waals surface area contributed by atoms with E-state index < -0.39 is 17.9 Å². The first-order valence-corrected chi connectivity index (χ1v) is 2.61. The number of nitrogens with two attached hydrogens (primary N) is 3. The summed E-state index contributed by atoms with van der Waals surface area (Å²) in [6.07, 6.45) is -1.67. The highest BCUT2D eigenvalue weighted by Crippen LogP contribution is 1.98. The van der Waals surface area contributed by atoms with Crippen LogP contribution in [0, 0.1) is 0 Å². The molecule has 0 aromatic rings. The molecule has 1 unspecified atom stereocenters. The summed E-state index contributed by atoms with van der Waals surface area (Å²) in [5.41, 5.74) is 12.9. The van der Waals surface area contributed by atoms with Crippen molar-refractivity contribution in [3.8, 4) is 0 Å². The third-order valence-corrected chi connectivity index (χ3v) is 0.945. The van der Waals surface area contributed by atoms with Gasteiger partial charge >= 0.3 is 5.97 Å². The van der Waals surface area contributed by atoms with Crippen molar-refractivity contribution in [3.63, 3.8) is 0 Å². The lowest BCUT2D eigenvalue weighted by molar-refractivity contribution is -0.144. The van der Waals surface area contributed by atoms with Gasteiger partial charge in [-0.3, -0.25) is 0 Å². The number of hydrogen-bond donors (Lipinski definition) is 5. The van der Waals surface area contributed by atoms with Crippen LogP contribution < -0.4 is 17.2 Å². The van der Waals surface area contributed by atoms with Crippen LogP contribution in [-0.2, 0) is 4.79 Å². The van der Waals surface area contributed by atoms with Crippen molar-refractivity contribution in [2.75, 3.05) is 0 Å². The molecule has 60 valence electrons. The topological polar surface area (TPSA) is 136 Å². The molecule has 0 fully saturated rings. The van der Waals surface area contributed by atoms with Gasteiger partial charge in [0, 0.05) is 6.42 Å². The lowest BCUT2D eigenvalue weighted by Crippen LogP contribution is -2.59. The van der Waals surface area contributed by atoms with Crippen molar-refractivity contribution in [3.05, 3.63) is 0 Å². The van der Waals surface area contributed by atoms with E-state index in [4.69, 9.17) is 27.4 Å². The Hall–Kier alpha value is -0.690. The fraction of sp³-hybridized carbons (Fsp3) is 0.750. The van der Waals surface area contributed by atoms with E-state index in [1.807, 2.05) is 0 Å². The van der Waals surface area contributed by atoms with Gasteiger partial charge in [-0.25, -0.2) is 4.79 Å². The Balaban J connectivity index is 4.00. The lowest BCUT2D eigenvalue weighted by atomic mass is 10.1. The minimum absolute atomic E-state index is 0.373. The quantitative estimate of drug-likeness (QED) is 0.278. The molecule has 0 radical (unpaired) electrons. The van der Waals surface area contributed by atoms with Crippen LogP contribution in [0.2, 0.25) is 0 Å². The van der Waals surface area contributed by atoms with Crippen molar-refractivity contribution >= 4 is 5.97 Å². The predicted octanol–water partition coefficient (Wildman–Crippen LogP) is -2.65. The summed E-state index contributed by atoms with van der Waals surface area (Å²) in [5, 5.41) is 16.8. The van der Waals surface area contributed by atoms with Crippen LogP contribution in [0.4, 0.5) is 0 Å². The van der Waals surface area contributed by atoms with Gasteiger partial charge in [-0.1, -0.05) is 0 Å². The van der Waals surface area contributed by atoms with Gasteiger partial charge in [0.2, 0.25) is 0 Å². The molecule has 0 bridgehead atoms. The van der Waals surface area contributed by atoms with E-state index in [1.165, 1.54) is 0 Å². The SMILES string of the molecule is NC(O)CC(N)(N)C(=O)O. The summed E-state index contributed by atoms with van der Waals surface area (Å²) in [4.78, 5) is 10.1. The lowest BCUT2D eigenvalue weighted by Gasteiger charge is -2.19. The summed E-state index contributed by atoms with van der Waals surface area (Å²) in [7, 11) is 0. The minimum atomic E-state index is -1.94. The summed E-state index contributed by atoms with van der Waals surface area (Å²) >= 11 is 0. The molecular formula is C4H11N3O3. The summed E-state index contributed by atoms with van der Waals surface area (Å²) in [6, 6.07) is 0. The molecule has 0 heterocycles. The van der Waals surface area contributed by atoms with Crippen LogP contribution in [0.5, 0.6) is 0 Å². The van der Waals surface area contributed by atoms with Crippen LogP contribution in [0.25, 0.3) is 0 Å². The van der Waals surface area contributed by atoms with Gasteiger partial charge < -0.3 is 27.4 Å². The summed E-state index contributed by atoms with van der Waals surface area (Å²) < 4.78 is 0. The van der Waals surface area contributed by atoms with E-state index in [0.717, 1.165) is 0 Å². The van der Waals surface area contributed by atoms with Crippen molar-refractivity contribution in [2.24, 2.45) is 17.2 Å². The van der Waals surface area contributed by atoms with Gasteiger partial charge in [0.1, 0.15) is 6.23 Å². The van der Waals surface area contributed by atoms with Crippen LogP contribution in [0.3, 0.4) is 0 Å². The number of carboxylic acids is 1. The highest BCUT2D eigenvalue weighted by Gasteiger charge is 2.30. The Morgan fingerprint density at radius 2 is 2.00 bits per heavy atom. The third-order valence-electron chi connectivity index (χ3n) is 0.945. The second-order valence-corrected chi connectivity index (χ2v) is 2.12. The highest BCUT2D eigenvalue weighted by molar-refractivity contribution is 5.77. The molecule has 10 heavy (non-hydrogen) atoms. The van der Waals surface area contributed by atoms with Gasteiger partial charge in [0.05, 0.1) is 0 Å². The number of carbonyl (C=O) groups is 1. The van der Waals surface area contributed by atoms with E-state index in [0.29, 0.717) is 0 Å². The predicted molar refractivity (Wildman–Crippen MR) is 33.6 cm³/mol. The number of carboxylic acid groups (broad SMARTS) is 1. The molecule has 6 heteroatoms. The van der Waals surface area contributed by atoms with Crippen LogP contribution >= 0.6 is 0 Å². The molecule has 0 aliphatic heterocycles. The van der Waals surface area contributed by atoms with Gasteiger partial charge in [0.15, 0.2) is 5.66 Å². The Labute approximate surface area is 57.6 Å². The number of rotatable bonds is 3. The maximum atomic E-state index is 10.1. The van der Waals surface area contributed by atoms with E-state index in [2.05, 4.69) is 0 Å². The largest absolute Gasteiger partial charge is 0.479 e. The third kappa shape index (κ3) is 2.74. The molecule has 8 N–H and O–H groups in total. The smallest absolute Gasteiger partial charge is 0.338 e. The van der Waals surface area contributed by atoms with Gasteiger partial charge in [-0.15, -0.1) is 0 Å². The molecule has 0 saturated carbocycles. The average molecular weight is 149 g/mol. The first-order valence-electron chi connectivity index (χ1n) is 2.61. The number of aliphatic carboxylic acids is 1. The molecular weight excluding hydrogens is 138 g/mol. The number of hydrogen-bond acceptors (Lipinski definition) is 5. The maximum Gasteiger partial charge on any atom is 0.338 e. The second-order valence-electron chi connectivity index (χ2n) is 2.12. The van der Waals surface area contributed by atoms with Crippen LogP contribution in [0.1, 0.15) is 6.42 Å².